The third-order valence-electron chi connectivity index (χ3n) is 7.33. The van der Waals surface area contributed by atoms with Gasteiger partial charge in [0, 0.05) is 26.9 Å². The van der Waals surface area contributed by atoms with E-state index in [1.54, 1.807) is 0 Å². The minimum absolute atomic E-state index is 0. The van der Waals surface area contributed by atoms with Gasteiger partial charge in [0.2, 0.25) is 0 Å². The Morgan fingerprint density at radius 1 is 0.867 bits per heavy atom. The molecular weight excluding hydrogens is 418 g/mol. The molecule has 2 nitrogen and oxygen atoms in total. The van der Waals surface area contributed by atoms with E-state index in [1.807, 2.05) is 0 Å². The van der Waals surface area contributed by atoms with Crippen LogP contribution in [0.1, 0.15) is 60.8 Å². The average molecular weight is 448 g/mol. The third kappa shape index (κ3) is 3.60. The second kappa shape index (κ2) is 8.63. The first-order valence-electron chi connectivity index (χ1n) is 11.1. The number of hydrogen-bond acceptors (Lipinski definition) is 1. The van der Waals surface area contributed by atoms with Crippen molar-refractivity contribution in [1.82, 2.24) is 0 Å². The summed E-state index contributed by atoms with van der Waals surface area (Å²) in [6.45, 7) is 0. The summed E-state index contributed by atoms with van der Waals surface area (Å²) in [6, 6.07) is 18.1. The van der Waals surface area contributed by atoms with Crippen LogP contribution in [-0.2, 0) is 32.6 Å². The number of fused-ring (bicyclic) bond motifs is 5. The predicted molar refractivity (Wildman–Crippen MR) is 121 cm³/mol. The predicted octanol–water partition coefficient (Wildman–Crippen LogP) is 5.70. The molecule has 0 heterocycles. The van der Waals surface area contributed by atoms with Crippen molar-refractivity contribution >= 4 is 20.0 Å². The van der Waals surface area contributed by atoms with Crippen LogP contribution in [0.15, 0.2) is 59.8 Å². The number of quaternary nitrogens is 1. The van der Waals surface area contributed by atoms with Gasteiger partial charge in [-0.05, 0) is 71.9 Å². The Labute approximate surface area is 196 Å². The van der Waals surface area contributed by atoms with E-state index in [-0.39, 0.29) is 21.7 Å². The monoisotopic (exact) mass is 448 g/mol. The van der Waals surface area contributed by atoms with E-state index in [9.17, 15) is 4.46 Å². The van der Waals surface area contributed by atoms with Gasteiger partial charge in [-0.1, -0.05) is 61.0 Å². The van der Waals surface area contributed by atoms with Crippen molar-refractivity contribution in [2.75, 3.05) is 14.1 Å². The number of allylic oxidation sites excluding steroid dienone is 4. The zero-order chi connectivity index (χ0) is 20.0. The van der Waals surface area contributed by atoms with Crippen molar-refractivity contribution in [1.29, 1.82) is 0 Å². The van der Waals surface area contributed by atoms with Crippen molar-refractivity contribution in [3.05, 3.63) is 82.1 Å². The second-order valence-electron chi connectivity index (χ2n) is 9.30. The molecule has 0 aliphatic heterocycles. The molecule has 1 saturated carbocycles. The maximum atomic E-state index is 14.1. The van der Waals surface area contributed by atoms with Crippen molar-refractivity contribution in [3.8, 4) is 0 Å². The van der Waals surface area contributed by atoms with Crippen LogP contribution < -0.4 is 0 Å². The molecule has 30 heavy (non-hydrogen) atoms. The van der Waals surface area contributed by atoms with Gasteiger partial charge in [0.1, 0.15) is 0 Å². The van der Waals surface area contributed by atoms with E-state index < -0.39 is 8.84 Å². The molecule has 0 radical (unpaired) electrons. The zero-order valence-corrected chi connectivity index (χ0v) is 20.6. The molecule has 1 fully saturated rings. The number of hydrogen-bond donors (Lipinski definition) is 0. The Hall–Kier alpha value is -1.39. The summed E-state index contributed by atoms with van der Waals surface area (Å²) in [5.74, 6) is 0. The molecule has 0 N–H and O–H groups in total. The van der Waals surface area contributed by atoms with Gasteiger partial charge >= 0.3 is 8.84 Å². The van der Waals surface area contributed by atoms with E-state index in [0.717, 1.165) is 12.8 Å². The van der Waals surface area contributed by atoms with Gasteiger partial charge in [-0.2, -0.15) is 0 Å². The van der Waals surface area contributed by atoms with Gasteiger partial charge < -0.3 is 8.61 Å². The summed E-state index contributed by atoms with van der Waals surface area (Å²) in [7, 11) is 2.49. The quantitative estimate of drug-likeness (QED) is 0.551. The maximum absolute atomic E-state index is 14.1. The first-order chi connectivity index (χ1) is 14.1. The molecule has 0 saturated heterocycles. The average Bonchev–Trinajstić information content (AvgIpc) is 3.13. The first-order valence-corrected chi connectivity index (χ1v) is 12.4. The summed E-state index contributed by atoms with van der Waals surface area (Å²) >= 11 is 0. The molecule has 2 aromatic carbocycles. The molecule has 0 aromatic heterocycles. The van der Waals surface area contributed by atoms with E-state index in [0.29, 0.717) is 10.2 Å². The normalized spacial score (nSPS) is 18.5. The fourth-order valence-corrected chi connectivity index (χ4v) is 7.66. The molecule has 3 aliphatic carbocycles. The minimum atomic E-state index is -1.96. The number of benzene rings is 2. The van der Waals surface area contributed by atoms with Crippen molar-refractivity contribution in [2.24, 2.45) is 0 Å². The fourth-order valence-electron chi connectivity index (χ4n) is 5.62. The van der Waals surface area contributed by atoms with Crippen LogP contribution in [0.5, 0.6) is 0 Å². The standard InChI is InChI=1S/C26H30NOSi.Ti/c1-27(2,21-12-4-3-5-13-21)29(28)25-17-16-24-22-14-8-6-10-19(22)18-20-11-7-9-15-23(20)26(24)25;/h6-11,14-16,21H,3-5,12-13,17-18H2,1-2H3;/q+1;. The van der Waals surface area contributed by atoms with Crippen LogP contribution in [0.25, 0.3) is 11.1 Å². The van der Waals surface area contributed by atoms with Gasteiger partial charge in [-0.3, -0.25) is 0 Å². The van der Waals surface area contributed by atoms with E-state index in [2.05, 4.69) is 68.7 Å². The Morgan fingerprint density at radius 2 is 1.47 bits per heavy atom. The molecule has 0 bridgehead atoms. The van der Waals surface area contributed by atoms with Crippen LogP contribution in [0, 0.1) is 0 Å². The van der Waals surface area contributed by atoms with Crippen molar-refractivity contribution in [2.45, 2.75) is 51.0 Å². The van der Waals surface area contributed by atoms with E-state index in [4.69, 9.17) is 0 Å². The van der Waals surface area contributed by atoms with Crippen LogP contribution in [0.4, 0.5) is 0 Å². The molecule has 0 amide bonds. The van der Waals surface area contributed by atoms with Gasteiger partial charge in [0.25, 0.3) is 0 Å². The van der Waals surface area contributed by atoms with Crippen LogP contribution in [0.3, 0.4) is 0 Å². The molecular formula is C26H30NOSiTi+. The maximum Gasteiger partial charge on any atom is 0.587 e. The first kappa shape index (κ1) is 21.8. The van der Waals surface area contributed by atoms with Crippen LogP contribution in [0.2, 0.25) is 0 Å². The van der Waals surface area contributed by atoms with Gasteiger partial charge in [0.15, 0.2) is 0 Å². The fraction of sp³-hybridized carbons (Fsp3) is 0.385. The molecule has 0 spiro atoms. The van der Waals surface area contributed by atoms with Crippen molar-refractivity contribution < 1.29 is 30.3 Å². The summed E-state index contributed by atoms with van der Waals surface area (Å²) in [5, 5.41) is 1.20. The SMILES string of the molecule is C[N+](C)(C1CCCCC1)[Si](=O)C1=C2C(=CC1)c1ccccc1Cc1ccccc12.[Ti]. The van der Waals surface area contributed by atoms with Gasteiger partial charge in [-0.25, -0.2) is 0 Å². The molecule has 5 rings (SSSR count). The smallest absolute Gasteiger partial charge is 0.327 e. The Bertz CT molecular complexity index is 1050. The Morgan fingerprint density at radius 3 is 2.17 bits per heavy atom. The van der Waals surface area contributed by atoms with E-state index >= 15 is 0 Å². The van der Waals surface area contributed by atoms with E-state index in [1.165, 1.54) is 70.7 Å². The Balaban J connectivity index is 0.00000218. The summed E-state index contributed by atoms with van der Waals surface area (Å²) in [4.78, 5) is 0. The molecule has 152 valence electrons. The van der Waals surface area contributed by atoms with Gasteiger partial charge in [-0.15, -0.1) is 0 Å². The largest absolute Gasteiger partial charge is 0.587 e. The second-order valence-corrected chi connectivity index (χ2v) is 11.7. The van der Waals surface area contributed by atoms with Gasteiger partial charge in [0.05, 0.1) is 20.1 Å². The molecule has 2 aromatic rings. The summed E-state index contributed by atoms with van der Waals surface area (Å²) in [5.41, 5.74) is 7.94. The Kier molecular flexibility index (Phi) is 6.28. The summed E-state index contributed by atoms with van der Waals surface area (Å²) in [6.07, 6.45) is 10.5. The van der Waals surface area contributed by atoms with Crippen LogP contribution >= 0.6 is 0 Å². The van der Waals surface area contributed by atoms with Crippen LogP contribution in [-0.4, -0.2) is 33.1 Å². The minimum Gasteiger partial charge on any atom is -0.327 e. The molecule has 4 heteroatoms. The molecule has 0 unspecified atom stereocenters. The number of rotatable bonds is 3. The molecule has 3 aliphatic rings. The topological polar surface area (TPSA) is 17.1 Å². The van der Waals surface area contributed by atoms with Crippen molar-refractivity contribution in [3.63, 3.8) is 0 Å². The summed E-state index contributed by atoms with van der Waals surface area (Å²) < 4.78 is 14.8. The third-order valence-corrected chi connectivity index (χ3v) is 9.71. The number of nitrogens with zero attached hydrogens (tertiary/aromatic N) is 1. The zero-order valence-electron chi connectivity index (χ0n) is 18.1. The molecule has 0 atom stereocenters.